The van der Waals surface area contributed by atoms with Gasteiger partial charge in [0, 0.05) is 58.4 Å². The average molecular weight is 641 g/mol. The summed E-state index contributed by atoms with van der Waals surface area (Å²) in [5, 5.41) is 10.2. The first-order valence-corrected chi connectivity index (χ1v) is 15.1. The molecule has 5 rings (SSSR count). The molecule has 41 heavy (non-hydrogen) atoms. The molecule has 2 aromatic rings. The summed E-state index contributed by atoms with van der Waals surface area (Å²) in [6.07, 6.45) is 1.94. The summed E-state index contributed by atoms with van der Waals surface area (Å²) in [5.41, 5.74) is 4.12. The first-order chi connectivity index (χ1) is 19.3. The van der Waals surface area contributed by atoms with Gasteiger partial charge in [0.2, 0.25) is 0 Å². The number of Topliss-reactive ketones (excluding diaryl/α,β-unsaturated/α-hetero) is 2. The number of aliphatic carboxylic acids is 1. The van der Waals surface area contributed by atoms with Crippen molar-refractivity contribution in [3.8, 4) is 5.75 Å². The van der Waals surface area contributed by atoms with E-state index in [0.29, 0.717) is 58.7 Å². The summed E-state index contributed by atoms with van der Waals surface area (Å²) < 4.78 is 6.79. The molecule has 0 saturated carbocycles. The summed E-state index contributed by atoms with van der Waals surface area (Å²) in [5.74, 6) is -0.761. The van der Waals surface area contributed by atoms with Crippen LogP contribution in [-0.2, 0) is 21.0 Å². The Morgan fingerprint density at radius 3 is 2.10 bits per heavy atom. The average Bonchev–Trinajstić information content (AvgIpc) is 2.85. The third-order valence-corrected chi connectivity index (χ3v) is 9.19. The van der Waals surface area contributed by atoms with Crippen LogP contribution >= 0.6 is 27.5 Å². The smallest absolute Gasteiger partial charge is 0.305 e. The van der Waals surface area contributed by atoms with Crippen LogP contribution in [0.2, 0.25) is 5.02 Å². The number of hydrogen-bond donors (Lipinski definition) is 1. The number of carboxylic acid groups (broad SMARTS) is 1. The third kappa shape index (κ3) is 6.02. The zero-order valence-corrected chi connectivity index (χ0v) is 26.2. The summed E-state index contributed by atoms with van der Waals surface area (Å²) in [7, 11) is 0. The van der Waals surface area contributed by atoms with Gasteiger partial charge in [0.05, 0.1) is 10.9 Å². The molecule has 1 N–H and O–H groups in total. The number of carbonyl (C=O) groups is 3. The number of hydrogen-bond acceptors (Lipinski definition) is 5. The minimum Gasteiger partial charge on any atom is -0.488 e. The Labute approximate surface area is 254 Å². The van der Waals surface area contributed by atoms with Gasteiger partial charge in [0.25, 0.3) is 0 Å². The molecule has 3 aliphatic rings. The van der Waals surface area contributed by atoms with Crippen molar-refractivity contribution in [2.75, 3.05) is 6.54 Å². The molecule has 216 valence electrons. The van der Waals surface area contributed by atoms with Gasteiger partial charge in [0.15, 0.2) is 11.6 Å². The highest BCUT2D eigenvalue weighted by atomic mass is 79.9. The van der Waals surface area contributed by atoms with Crippen molar-refractivity contribution in [3.05, 3.63) is 85.6 Å². The second-order valence-electron chi connectivity index (χ2n) is 12.9. The van der Waals surface area contributed by atoms with Crippen molar-refractivity contribution in [2.24, 2.45) is 10.8 Å². The minimum atomic E-state index is -0.907. The number of ether oxygens (including phenoxy) is 1. The maximum atomic E-state index is 13.9. The molecule has 0 unspecified atom stereocenters. The number of rotatable bonds is 7. The lowest BCUT2D eigenvalue weighted by Gasteiger charge is -2.49. The maximum absolute atomic E-state index is 13.9. The van der Waals surface area contributed by atoms with Crippen LogP contribution in [0.15, 0.2) is 69.5 Å². The van der Waals surface area contributed by atoms with E-state index in [2.05, 4.69) is 43.6 Å². The van der Waals surface area contributed by atoms with Crippen LogP contribution in [0.1, 0.15) is 76.8 Å². The van der Waals surface area contributed by atoms with Crippen LogP contribution in [0, 0.1) is 10.8 Å². The highest BCUT2D eigenvalue weighted by molar-refractivity contribution is 9.10. The van der Waals surface area contributed by atoms with Crippen LogP contribution in [0.3, 0.4) is 0 Å². The zero-order valence-electron chi connectivity index (χ0n) is 23.9. The molecular weight excluding hydrogens is 606 g/mol. The van der Waals surface area contributed by atoms with E-state index in [1.54, 1.807) is 0 Å². The molecule has 0 aromatic heterocycles. The highest BCUT2D eigenvalue weighted by Crippen LogP contribution is 2.54. The van der Waals surface area contributed by atoms with Crippen molar-refractivity contribution < 1.29 is 24.2 Å². The SMILES string of the molecule is CC1(C)CC(=O)C2=C(C1)N(CCC(=O)O)C1=C(C(=O)CC(C)(C)C1)C2c1ccc(OCc2ccccc2Cl)c(Br)c1. The van der Waals surface area contributed by atoms with Crippen molar-refractivity contribution in [3.63, 3.8) is 0 Å². The van der Waals surface area contributed by atoms with Crippen molar-refractivity contribution >= 4 is 45.1 Å². The first-order valence-electron chi connectivity index (χ1n) is 13.9. The Morgan fingerprint density at radius 2 is 1.56 bits per heavy atom. The van der Waals surface area contributed by atoms with E-state index in [1.807, 2.05) is 47.4 Å². The van der Waals surface area contributed by atoms with E-state index >= 15 is 0 Å². The topological polar surface area (TPSA) is 83.9 Å². The fraction of sp³-hybridized carbons (Fsp3) is 0.424. The molecular formula is C33H35BrClNO5. The molecule has 6 nitrogen and oxygen atoms in total. The maximum Gasteiger partial charge on any atom is 0.305 e. The lowest BCUT2D eigenvalue weighted by atomic mass is 9.63. The fourth-order valence-electron chi connectivity index (χ4n) is 6.44. The van der Waals surface area contributed by atoms with Gasteiger partial charge < -0.3 is 14.7 Å². The summed E-state index contributed by atoms with van der Waals surface area (Å²) in [6.45, 7) is 8.80. The molecule has 8 heteroatoms. The molecule has 0 fully saturated rings. The number of allylic oxidation sites excluding steroid dienone is 4. The normalized spacial score (nSPS) is 20.2. The standard InChI is InChI=1S/C33H35BrClNO5/c1-32(2)14-23-30(25(37)16-32)29(31-24(36(23)12-11-28(39)40)15-33(3,4)17-26(31)38)19-9-10-27(21(34)13-19)41-18-20-7-5-6-8-22(20)35/h5-10,13,29H,11-12,14-18H2,1-4H3,(H,39,40). The monoisotopic (exact) mass is 639 g/mol. The van der Waals surface area contributed by atoms with Crippen LogP contribution in [0.4, 0.5) is 0 Å². The van der Waals surface area contributed by atoms with Crippen LogP contribution < -0.4 is 4.74 Å². The molecule has 1 aliphatic heterocycles. The van der Waals surface area contributed by atoms with Crippen LogP contribution in [0.5, 0.6) is 5.75 Å². The Balaban J connectivity index is 1.61. The Bertz CT molecular complexity index is 1450. The molecule has 0 saturated heterocycles. The quantitative estimate of drug-likeness (QED) is 0.332. The van der Waals surface area contributed by atoms with Crippen molar-refractivity contribution in [1.82, 2.24) is 4.90 Å². The van der Waals surface area contributed by atoms with Gasteiger partial charge in [-0.2, -0.15) is 0 Å². The molecule has 0 bridgehead atoms. The lowest BCUT2D eigenvalue weighted by molar-refractivity contribution is -0.137. The third-order valence-electron chi connectivity index (χ3n) is 8.20. The molecule has 0 atom stereocenters. The Hall–Kier alpha value is -2.90. The first kappa shape index (κ1) is 29.6. The van der Waals surface area contributed by atoms with Crippen LogP contribution in [0.25, 0.3) is 0 Å². The Morgan fingerprint density at radius 1 is 0.976 bits per heavy atom. The second kappa shape index (κ2) is 11.1. The summed E-state index contributed by atoms with van der Waals surface area (Å²) >= 11 is 9.97. The molecule has 2 aromatic carbocycles. The number of halogens is 2. The largest absolute Gasteiger partial charge is 0.488 e. The van der Waals surface area contributed by atoms with E-state index in [1.165, 1.54) is 0 Å². The summed E-state index contributed by atoms with van der Waals surface area (Å²) in [6, 6.07) is 13.3. The van der Waals surface area contributed by atoms with Gasteiger partial charge in [-0.3, -0.25) is 14.4 Å². The minimum absolute atomic E-state index is 0.0147. The number of nitrogens with zero attached hydrogens (tertiary/aromatic N) is 1. The van der Waals surface area contributed by atoms with E-state index in [-0.39, 0.29) is 35.4 Å². The second-order valence-corrected chi connectivity index (χ2v) is 14.2. The number of carboxylic acids is 1. The van der Waals surface area contributed by atoms with E-state index in [0.717, 1.165) is 22.5 Å². The van der Waals surface area contributed by atoms with Gasteiger partial charge >= 0.3 is 5.97 Å². The van der Waals surface area contributed by atoms with E-state index < -0.39 is 11.9 Å². The predicted octanol–water partition coefficient (Wildman–Crippen LogP) is 7.84. The number of carbonyl (C=O) groups excluding carboxylic acids is 2. The van der Waals surface area contributed by atoms with E-state index in [4.69, 9.17) is 16.3 Å². The lowest BCUT2D eigenvalue weighted by Crippen LogP contribution is -2.45. The molecule has 2 aliphatic carbocycles. The van der Waals surface area contributed by atoms with Gasteiger partial charge in [-0.05, 0) is 63.4 Å². The number of benzene rings is 2. The number of ketones is 2. The van der Waals surface area contributed by atoms with Gasteiger partial charge in [-0.25, -0.2) is 0 Å². The fourth-order valence-corrected chi connectivity index (χ4v) is 7.14. The van der Waals surface area contributed by atoms with Crippen molar-refractivity contribution in [2.45, 2.75) is 72.3 Å². The highest BCUT2D eigenvalue weighted by Gasteiger charge is 2.49. The summed E-state index contributed by atoms with van der Waals surface area (Å²) in [4.78, 5) is 41.4. The van der Waals surface area contributed by atoms with Gasteiger partial charge in [-0.1, -0.05) is 63.6 Å². The van der Waals surface area contributed by atoms with Gasteiger partial charge in [0.1, 0.15) is 12.4 Å². The van der Waals surface area contributed by atoms with E-state index in [9.17, 15) is 19.5 Å². The van der Waals surface area contributed by atoms with Crippen LogP contribution in [-0.4, -0.2) is 34.1 Å². The molecule has 0 spiro atoms. The van der Waals surface area contributed by atoms with Gasteiger partial charge in [-0.15, -0.1) is 0 Å². The Kier molecular flexibility index (Phi) is 7.99. The molecule has 0 amide bonds. The predicted molar refractivity (Wildman–Crippen MR) is 162 cm³/mol. The van der Waals surface area contributed by atoms with Crippen molar-refractivity contribution in [1.29, 1.82) is 0 Å². The molecule has 0 radical (unpaired) electrons. The zero-order chi connectivity index (χ0) is 29.7. The molecule has 1 heterocycles.